The average molecular weight is 412 g/mol. The van der Waals surface area contributed by atoms with Crippen LogP contribution in [0.1, 0.15) is 75.6 Å². The van der Waals surface area contributed by atoms with Crippen LogP contribution in [0.25, 0.3) is 0 Å². The molecule has 30 heavy (non-hydrogen) atoms. The molecule has 1 aliphatic heterocycles. The Kier molecular flexibility index (Phi) is 5.60. The summed E-state index contributed by atoms with van der Waals surface area (Å²) in [6, 6.07) is 5.81. The van der Waals surface area contributed by atoms with Gasteiger partial charge < -0.3 is 10.6 Å². The molecule has 4 atom stereocenters. The number of rotatable bonds is 4. The van der Waals surface area contributed by atoms with Gasteiger partial charge in [-0.1, -0.05) is 38.5 Å². The Morgan fingerprint density at radius 3 is 2.50 bits per heavy atom. The van der Waals surface area contributed by atoms with E-state index in [1.165, 1.54) is 24.0 Å². The fourth-order valence-corrected chi connectivity index (χ4v) is 5.63. The molecular formula is C24H33N3O3. The van der Waals surface area contributed by atoms with Crippen LogP contribution in [0.4, 0.5) is 4.79 Å². The lowest BCUT2D eigenvalue weighted by Crippen LogP contribution is -2.59. The molecule has 6 nitrogen and oxygen atoms in total. The molecule has 2 aliphatic carbocycles. The van der Waals surface area contributed by atoms with Gasteiger partial charge in [0.25, 0.3) is 5.91 Å². The zero-order valence-electron chi connectivity index (χ0n) is 18.3. The van der Waals surface area contributed by atoms with Gasteiger partial charge in [-0.3, -0.25) is 14.5 Å². The van der Waals surface area contributed by atoms with Gasteiger partial charge in [0.1, 0.15) is 12.1 Å². The molecule has 6 heteroatoms. The molecule has 0 bridgehead atoms. The molecule has 0 radical (unpaired) electrons. The van der Waals surface area contributed by atoms with Crippen molar-refractivity contribution in [2.45, 2.75) is 77.3 Å². The van der Waals surface area contributed by atoms with Crippen LogP contribution in [0.3, 0.4) is 0 Å². The van der Waals surface area contributed by atoms with Gasteiger partial charge in [-0.05, 0) is 74.0 Å². The Morgan fingerprint density at radius 2 is 1.80 bits per heavy atom. The minimum atomic E-state index is -0.861. The number of imide groups is 1. The molecule has 2 fully saturated rings. The summed E-state index contributed by atoms with van der Waals surface area (Å²) in [6.07, 6.45) is 7.54. The van der Waals surface area contributed by atoms with Gasteiger partial charge in [0, 0.05) is 0 Å². The van der Waals surface area contributed by atoms with Crippen molar-refractivity contribution in [2.75, 3.05) is 6.54 Å². The number of benzene rings is 1. The van der Waals surface area contributed by atoms with Crippen LogP contribution >= 0.6 is 0 Å². The fourth-order valence-electron chi connectivity index (χ4n) is 5.63. The van der Waals surface area contributed by atoms with Crippen molar-refractivity contribution >= 4 is 17.8 Å². The summed E-state index contributed by atoms with van der Waals surface area (Å²) in [4.78, 5) is 39.7. The predicted octanol–water partition coefficient (Wildman–Crippen LogP) is 3.49. The third-order valence-corrected chi connectivity index (χ3v) is 7.54. The molecule has 162 valence electrons. The first-order valence-electron chi connectivity index (χ1n) is 11.4. The molecule has 2 N–H and O–H groups in total. The highest BCUT2D eigenvalue weighted by molar-refractivity contribution is 6.09. The van der Waals surface area contributed by atoms with Gasteiger partial charge >= 0.3 is 6.03 Å². The van der Waals surface area contributed by atoms with Crippen LogP contribution in [-0.2, 0) is 22.4 Å². The first kappa shape index (κ1) is 20.9. The molecule has 1 unspecified atom stereocenters. The van der Waals surface area contributed by atoms with E-state index in [2.05, 4.69) is 28.8 Å². The normalized spacial score (nSPS) is 29.5. The summed E-state index contributed by atoms with van der Waals surface area (Å²) in [5.41, 5.74) is 2.98. The Labute approximate surface area is 178 Å². The number of fused-ring (bicyclic) bond motifs is 1. The number of hydrogen-bond acceptors (Lipinski definition) is 3. The summed E-state index contributed by atoms with van der Waals surface area (Å²) < 4.78 is 0. The van der Waals surface area contributed by atoms with Crippen LogP contribution in [0.15, 0.2) is 18.2 Å². The third kappa shape index (κ3) is 3.50. The lowest BCUT2D eigenvalue weighted by molar-refractivity contribution is -0.139. The minimum absolute atomic E-state index is 0.0696. The minimum Gasteiger partial charge on any atom is -0.348 e. The summed E-state index contributed by atoms with van der Waals surface area (Å²) in [7, 11) is 0. The largest absolute Gasteiger partial charge is 0.348 e. The first-order valence-corrected chi connectivity index (χ1v) is 11.4. The maximum Gasteiger partial charge on any atom is 0.325 e. The first-order chi connectivity index (χ1) is 14.3. The zero-order valence-corrected chi connectivity index (χ0v) is 18.3. The molecule has 1 saturated heterocycles. The monoisotopic (exact) mass is 411 g/mol. The van der Waals surface area contributed by atoms with E-state index in [1.54, 1.807) is 0 Å². The highest BCUT2D eigenvalue weighted by atomic mass is 16.2. The van der Waals surface area contributed by atoms with Crippen molar-refractivity contribution in [1.29, 1.82) is 0 Å². The molecule has 4 rings (SSSR count). The Hall–Kier alpha value is -2.37. The van der Waals surface area contributed by atoms with E-state index >= 15 is 0 Å². The van der Waals surface area contributed by atoms with Crippen LogP contribution in [0, 0.1) is 11.8 Å². The molecule has 0 aromatic heterocycles. The SMILES string of the molecule is C[C@@H]1CCC[C@H](C)C12NC(=O)N(CC(=O)N[C@H](C)c1ccc3c(c1)CCCC3)C2=O. The van der Waals surface area contributed by atoms with E-state index in [9.17, 15) is 14.4 Å². The molecule has 1 heterocycles. The van der Waals surface area contributed by atoms with E-state index < -0.39 is 11.6 Å². The highest BCUT2D eigenvalue weighted by Crippen LogP contribution is 2.42. The molecule has 1 spiro atoms. The number of nitrogens with zero attached hydrogens (tertiary/aromatic N) is 1. The van der Waals surface area contributed by atoms with E-state index in [0.717, 1.165) is 42.6 Å². The van der Waals surface area contributed by atoms with Crippen LogP contribution in [-0.4, -0.2) is 34.8 Å². The highest BCUT2D eigenvalue weighted by Gasteiger charge is 2.58. The molecule has 1 aromatic rings. The Balaban J connectivity index is 1.42. The van der Waals surface area contributed by atoms with Crippen molar-refractivity contribution in [3.05, 3.63) is 34.9 Å². The second-order valence-electron chi connectivity index (χ2n) is 9.45. The van der Waals surface area contributed by atoms with Crippen LogP contribution < -0.4 is 10.6 Å². The Bertz CT molecular complexity index is 855. The quantitative estimate of drug-likeness (QED) is 0.745. The number of nitrogens with one attached hydrogen (secondary N) is 2. The molecule has 3 aliphatic rings. The number of hydrogen-bond donors (Lipinski definition) is 2. The number of amides is 4. The molecule has 1 aromatic carbocycles. The second kappa shape index (κ2) is 8.05. The van der Waals surface area contributed by atoms with Gasteiger partial charge in [0.15, 0.2) is 0 Å². The van der Waals surface area contributed by atoms with Crippen molar-refractivity contribution < 1.29 is 14.4 Å². The summed E-state index contributed by atoms with van der Waals surface area (Å²) in [5.74, 6) is -0.416. The van der Waals surface area contributed by atoms with Crippen LogP contribution in [0.5, 0.6) is 0 Å². The van der Waals surface area contributed by atoms with Gasteiger partial charge in [-0.25, -0.2) is 4.79 Å². The fraction of sp³-hybridized carbons (Fsp3) is 0.625. The molecule has 1 saturated carbocycles. The smallest absolute Gasteiger partial charge is 0.325 e. The van der Waals surface area contributed by atoms with E-state index in [1.807, 2.05) is 20.8 Å². The van der Waals surface area contributed by atoms with Crippen LogP contribution in [0.2, 0.25) is 0 Å². The maximum absolute atomic E-state index is 13.2. The number of carbonyl (C=O) groups is 3. The predicted molar refractivity (Wildman–Crippen MR) is 115 cm³/mol. The maximum atomic E-state index is 13.2. The summed E-state index contributed by atoms with van der Waals surface area (Å²) in [6.45, 7) is 5.76. The van der Waals surface area contributed by atoms with Crippen molar-refractivity contribution in [3.63, 3.8) is 0 Å². The number of carbonyl (C=O) groups excluding carboxylic acids is 3. The molecular weight excluding hydrogens is 378 g/mol. The molecule has 4 amide bonds. The lowest BCUT2D eigenvalue weighted by atomic mass is 9.67. The number of urea groups is 1. The average Bonchev–Trinajstić information content (AvgIpc) is 2.97. The van der Waals surface area contributed by atoms with E-state index in [-0.39, 0.29) is 36.2 Å². The van der Waals surface area contributed by atoms with E-state index in [0.29, 0.717) is 0 Å². The van der Waals surface area contributed by atoms with Crippen molar-refractivity contribution in [1.82, 2.24) is 15.5 Å². The zero-order chi connectivity index (χ0) is 21.5. The number of aryl methyl sites for hydroxylation is 2. The summed E-state index contributed by atoms with van der Waals surface area (Å²) in [5, 5.41) is 5.92. The van der Waals surface area contributed by atoms with E-state index in [4.69, 9.17) is 0 Å². The topological polar surface area (TPSA) is 78.5 Å². The Morgan fingerprint density at radius 1 is 1.13 bits per heavy atom. The second-order valence-corrected chi connectivity index (χ2v) is 9.45. The lowest BCUT2D eigenvalue weighted by Gasteiger charge is -2.42. The van der Waals surface area contributed by atoms with Gasteiger partial charge in [0.05, 0.1) is 6.04 Å². The van der Waals surface area contributed by atoms with Gasteiger partial charge in [0.2, 0.25) is 5.91 Å². The van der Waals surface area contributed by atoms with Gasteiger partial charge in [-0.2, -0.15) is 0 Å². The van der Waals surface area contributed by atoms with Crippen molar-refractivity contribution in [2.24, 2.45) is 11.8 Å². The standard InChI is InChI=1S/C24H33N3O3/c1-15-7-6-8-16(2)24(15)22(29)27(23(30)26-24)14-21(28)25-17(3)19-12-11-18-9-4-5-10-20(18)13-19/h11-13,15-17H,4-10,14H2,1-3H3,(H,25,28)(H,26,30)/t15-,16+,17-,24?/m1/s1. The van der Waals surface area contributed by atoms with Crippen molar-refractivity contribution in [3.8, 4) is 0 Å². The summed E-state index contributed by atoms with van der Waals surface area (Å²) >= 11 is 0. The third-order valence-electron chi connectivity index (χ3n) is 7.54. The van der Waals surface area contributed by atoms with Gasteiger partial charge in [-0.15, -0.1) is 0 Å².